The van der Waals surface area contributed by atoms with E-state index >= 15 is 0 Å². The highest BCUT2D eigenvalue weighted by Gasteiger charge is 2.18. The molecule has 32 heavy (non-hydrogen) atoms. The summed E-state index contributed by atoms with van der Waals surface area (Å²) in [6.07, 6.45) is 0. The predicted molar refractivity (Wildman–Crippen MR) is 125 cm³/mol. The summed E-state index contributed by atoms with van der Waals surface area (Å²) < 4.78 is 16.0. The van der Waals surface area contributed by atoms with Gasteiger partial charge in [-0.25, -0.2) is 0 Å². The molecule has 1 saturated heterocycles. The summed E-state index contributed by atoms with van der Waals surface area (Å²) in [5.41, 5.74) is 1.72. The summed E-state index contributed by atoms with van der Waals surface area (Å²) >= 11 is 5.24. The summed E-state index contributed by atoms with van der Waals surface area (Å²) in [4.78, 5) is 26.7. The van der Waals surface area contributed by atoms with Crippen LogP contribution in [0.2, 0.25) is 0 Å². The fourth-order valence-corrected chi connectivity index (χ4v) is 3.26. The second kappa shape index (κ2) is 12.1. The fourth-order valence-electron chi connectivity index (χ4n) is 3.05. The average Bonchev–Trinajstić information content (AvgIpc) is 2.83. The molecular formula is C23H27N3O5S. The molecule has 0 bridgehead atoms. The quantitative estimate of drug-likeness (QED) is 0.465. The second-order valence-electron chi connectivity index (χ2n) is 6.96. The standard InChI is InChI=1S/C23H27N3O5S/c1-2-29-15-16-31-20-9-5-17(6-10-20)21(27)25-23(32)24-19-7-3-18(4-8-19)22(28)26-11-13-30-14-12-26/h3-10H,2,11-16H2,1H3,(H2,24,25,27,32). The number of carbonyl (C=O) groups is 2. The lowest BCUT2D eigenvalue weighted by molar-refractivity contribution is 0.0303. The van der Waals surface area contributed by atoms with Crippen molar-refractivity contribution in [2.24, 2.45) is 0 Å². The van der Waals surface area contributed by atoms with Gasteiger partial charge in [-0.15, -0.1) is 0 Å². The molecule has 1 heterocycles. The number of nitrogens with zero attached hydrogens (tertiary/aromatic N) is 1. The third kappa shape index (κ3) is 7.01. The highest BCUT2D eigenvalue weighted by Crippen LogP contribution is 2.14. The van der Waals surface area contributed by atoms with Crippen molar-refractivity contribution in [3.63, 3.8) is 0 Å². The molecular weight excluding hydrogens is 430 g/mol. The minimum Gasteiger partial charge on any atom is -0.491 e. The van der Waals surface area contributed by atoms with E-state index < -0.39 is 0 Å². The number of morpholine rings is 1. The van der Waals surface area contributed by atoms with E-state index in [2.05, 4.69) is 10.6 Å². The first-order valence-electron chi connectivity index (χ1n) is 10.5. The molecule has 3 rings (SSSR count). The Morgan fingerprint density at radius 2 is 1.66 bits per heavy atom. The number of anilines is 1. The van der Waals surface area contributed by atoms with Crippen LogP contribution in [0.15, 0.2) is 48.5 Å². The van der Waals surface area contributed by atoms with E-state index in [0.29, 0.717) is 68.7 Å². The number of carbonyl (C=O) groups excluding carboxylic acids is 2. The van der Waals surface area contributed by atoms with Gasteiger partial charge in [0, 0.05) is 36.5 Å². The minimum atomic E-state index is -0.331. The van der Waals surface area contributed by atoms with Gasteiger partial charge in [-0.2, -0.15) is 0 Å². The number of nitrogens with one attached hydrogen (secondary N) is 2. The number of hydrogen-bond donors (Lipinski definition) is 2. The normalized spacial score (nSPS) is 13.3. The molecule has 0 saturated carbocycles. The van der Waals surface area contributed by atoms with Crippen molar-refractivity contribution < 1.29 is 23.8 Å². The summed E-state index contributed by atoms with van der Waals surface area (Å²) in [5, 5.41) is 5.77. The summed E-state index contributed by atoms with van der Waals surface area (Å²) in [5.74, 6) is 0.303. The monoisotopic (exact) mass is 457 g/mol. The van der Waals surface area contributed by atoms with Crippen LogP contribution in [0.1, 0.15) is 27.6 Å². The Morgan fingerprint density at radius 1 is 1.00 bits per heavy atom. The van der Waals surface area contributed by atoms with E-state index in [-0.39, 0.29) is 16.9 Å². The summed E-state index contributed by atoms with van der Waals surface area (Å²) in [6, 6.07) is 13.7. The number of hydrogen-bond acceptors (Lipinski definition) is 6. The summed E-state index contributed by atoms with van der Waals surface area (Å²) in [6.45, 7) is 5.84. The molecule has 170 valence electrons. The molecule has 0 spiro atoms. The lowest BCUT2D eigenvalue weighted by Crippen LogP contribution is -2.40. The van der Waals surface area contributed by atoms with Crippen molar-refractivity contribution in [2.75, 3.05) is 51.4 Å². The van der Waals surface area contributed by atoms with Crippen molar-refractivity contribution in [1.29, 1.82) is 0 Å². The Bertz CT molecular complexity index is 912. The number of amides is 2. The van der Waals surface area contributed by atoms with Gasteiger partial charge >= 0.3 is 0 Å². The molecule has 2 N–H and O–H groups in total. The molecule has 0 unspecified atom stereocenters. The average molecular weight is 458 g/mol. The van der Waals surface area contributed by atoms with Gasteiger partial charge in [-0.1, -0.05) is 0 Å². The van der Waals surface area contributed by atoms with Crippen LogP contribution in [-0.4, -0.2) is 68.0 Å². The molecule has 1 aliphatic rings. The first kappa shape index (κ1) is 23.6. The zero-order valence-electron chi connectivity index (χ0n) is 18.0. The molecule has 1 aliphatic heterocycles. The molecule has 0 aromatic heterocycles. The van der Waals surface area contributed by atoms with Crippen LogP contribution < -0.4 is 15.4 Å². The largest absolute Gasteiger partial charge is 0.491 e. The van der Waals surface area contributed by atoms with E-state index in [1.165, 1.54) is 0 Å². The van der Waals surface area contributed by atoms with Crippen LogP contribution in [0.25, 0.3) is 0 Å². The van der Waals surface area contributed by atoms with Crippen LogP contribution in [0.5, 0.6) is 5.75 Å². The fraction of sp³-hybridized carbons (Fsp3) is 0.348. The van der Waals surface area contributed by atoms with Gasteiger partial charge in [-0.05, 0) is 67.7 Å². The van der Waals surface area contributed by atoms with E-state index in [1.54, 1.807) is 53.4 Å². The van der Waals surface area contributed by atoms with Crippen molar-refractivity contribution in [2.45, 2.75) is 6.92 Å². The zero-order valence-corrected chi connectivity index (χ0v) is 18.8. The third-order valence-electron chi connectivity index (χ3n) is 4.73. The maximum absolute atomic E-state index is 12.5. The zero-order chi connectivity index (χ0) is 22.8. The summed E-state index contributed by atoms with van der Waals surface area (Å²) in [7, 11) is 0. The Balaban J connectivity index is 1.47. The van der Waals surface area contributed by atoms with E-state index in [4.69, 9.17) is 26.4 Å². The maximum atomic E-state index is 12.5. The Hall–Kier alpha value is -3.01. The first-order valence-corrected chi connectivity index (χ1v) is 10.9. The Kier molecular flexibility index (Phi) is 8.97. The maximum Gasteiger partial charge on any atom is 0.257 e. The van der Waals surface area contributed by atoms with Gasteiger partial charge in [0.2, 0.25) is 0 Å². The predicted octanol–water partition coefficient (Wildman–Crippen LogP) is 2.70. The third-order valence-corrected chi connectivity index (χ3v) is 4.94. The van der Waals surface area contributed by atoms with Gasteiger partial charge in [-0.3, -0.25) is 14.9 Å². The molecule has 0 radical (unpaired) electrons. The van der Waals surface area contributed by atoms with Crippen LogP contribution >= 0.6 is 12.2 Å². The Morgan fingerprint density at radius 3 is 2.31 bits per heavy atom. The van der Waals surface area contributed by atoms with Crippen molar-refractivity contribution >= 4 is 34.8 Å². The molecule has 2 aromatic rings. The number of benzene rings is 2. The lowest BCUT2D eigenvalue weighted by Gasteiger charge is -2.26. The van der Waals surface area contributed by atoms with Crippen LogP contribution in [0, 0.1) is 0 Å². The Labute approximate surface area is 192 Å². The molecule has 0 aliphatic carbocycles. The van der Waals surface area contributed by atoms with Crippen LogP contribution in [-0.2, 0) is 9.47 Å². The van der Waals surface area contributed by atoms with E-state index in [9.17, 15) is 9.59 Å². The van der Waals surface area contributed by atoms with Crippen molar-refractivity contribution in [1.82, 2.24) is 10.2 Å². The van der Waals surface area contributed by atoms with E-state index in [1.807, 2.05) is 6.92 Å². The van der Waals surface area contributed by atoms with Crippen LogP contribution in [0.4, 0.5) is 5.69 Å². The van der Waals surface area contributed by atoms with Crippen molar-refractivity contribution in [3.05, 3.63) is 59.7 Å². The van der Waals surface area contributed by atoms with Gasteiger partial charge in [0.25, 0.3) is 11.8 Å². The van der Waals surface area contributed by atoms with E-state index in [0.717, 1.165) is 0 Å². The number of ether oxygens (including phenoxy) is 3. The van der Waals surface area contributed by atoms with Crippen molar-refractivity contribution in [3.8, 4) is 5.75 Å². The molecule has 2 amide bonds. The SMILES string of the molecule is CCOCCOc1ccc(C(=O)NC(=S)Nc2ccc(C(=O)N3CCOCC3)cc2)cc1. The van der Waals surface area contributed by atoms with Crippen LogP contribution in [0.3, 0.4) is 0 Å². The number of thiocarbonyl (C=S) groups is 1. The second-order valence-corrected chi connectivity index (χ2v) is 7.37. The van der Waals surface area contributed by atoms with Gasteiger partial charge in [0.1, 0.15) is 12.4 Å². The first-order chi connectivity index (χ1) is 15.6. The van der Waals surface area contributed by atoms with Gasteiger partial charge < -0.3 is 24.4 Å². The highest BCUT2D eigenvalue weighted by molar-refractivity contribution is 7.80. The number of rotatable bonds is 8. The molecule has 8 nitrogen and oxygen atoms in total. The topological polar surface area (TPSA) is 89.1 Å². The van der Waals surface area contributed by atoms with Gasteiger partial charge in [0.15, 0.2) is 5.11 Å². The lowest BCUT2D eigenvalue weighted by atomic mass is 10.1. The smallest absolute Gasteiger partial charge is 0.257 e. The molecule has 0 atom stereocenters. The molecule has 1 fully saturated rings. The molecule has 9 heteroatoms. The van der Waals surface area contributed by atoms with Gasteiger partial charge in [0.05, 0.1) is 19.8 Å². The highest BCUT2D eigenvalue weighted by atomic mass is 32.1. The minimum absolute atomic E-state index is 0.0268. The molecule has 2 aromatic carbocycles.